The van der Waals surface area contributed by atoms with Gasteiger partial charge in [0.25, 0.3) is 0 Å². The third kappa shape index (κ3) is 5.76. The van der Waals surface area contributed by atoms with Crippen molar-refractivity contribution in [2.75, 3.05) is 7.11 Å². The summed E-state index contributed by atoms with van der Waals surface area (Å²) in [6, 6.07) is 8.37. The second-order valence-electron chi connectivity index (χ2n) is 7.42. The molecular formula is C21H25N3O6. The summed E-state index contributed by atoms with van der Waals surface area (Å²) in [5.41, 5.74) is 0.113. The van der Waals surface area contributed by atoms with Crippen molar-refractivity contribution in [1.29, 1.82) is 0 Å². The number of aromatic nitrogens is 1. The molecule has 160 valence electrons. The van der Waals surface area contributed by atoms with Crippen LogP contribution in [-0.2, 0) is 22.5 Å². The lowest BCUT2D eigenvalue weighted by Crippen LogP contribution is -2.34. The molecule has 1 unspecified atom stereocenters. The van der Waals surface area contributed by atoms with Crippen molar-refractivity contribution < 1.29 is 19.2 Å². The van der Waals surface area contributed by atoms with E-state index in [1.165, 1.54) is 5.56 Å². The molecule has 1 aromatic carbocycles. The van der Waals surface area contributed by atoms with E-state index in [-0.39, 0.29) is 11.6 Å². The molecule has 1 heterocycles. The van der Waals surface area contributed by atoms with Gasteiger partial charge in [0.1, 0.15) is 6.54 Å². The van der Waals surface area contributed by atoms with Crippen LogP contribution in [0.25, 0.3) is 0 Å². The van der Waals surface area contributed by atoms with Gasteiger partial charge in [-0.3, -0.25) is 24.3 Å². The quantitative estimate of drug-likeness (QED) is 0.402. The van der Waals surface area contributed by atoms with Crippen LogP contribution in [0.15, 0.2) is 41.3 Å². The third-order valence-electron chi connectivity index (χ3n) is 4.50. The van der Waals surface area contributed by atoms with E-state index >= 15 is 0 Å². The highest BCUT2D eigenvalue weighted by Crippen LogP contribution is 2.16. The maximum atomic E-state index is 12.4. The highest BCUT2D eigenvalue weighted by molar-refractivity contribution is 5.89. The molecule has 2 rings (SSSR count). The van der Waals surface area contributed by atoms with Gasteiger partial charge in [0, 0.05) is 12.3 Å². The van der Waals surface area contributed by atoms with Crippen LogP contribution >= 0.6 is 0 Å². The molecule has 1 N–H and O–H groups in total. The third-order valence-corrected chi connectivity index (χ3v) is 4.50. The number of esters is 1. The number of ether oxygens (including phenoxy) is 1. The first kappa shape index (κ1) is 22.8. The Bertz CT molecular complexity index is 995. The van der Waals surface area contributed by atoms with Crippen LogP contribution in [0.1, 0.15) is 48.3 Å². The molecule has 0 fully saturated rings. The van der Waals surface area contributed by atoms with Gasteiger partial charge in [0.15, 0.2) is 0 Å². The predicted octanol–water partition coefficient (Wildman–Crippen LogP) is 2.62. The number of nitrogens with zero attached hydrogens (tertiary/aromatic N) is 2. The molecule has 0 spiro atoms. The van der Waals surface area contributed by atoms with Crippen LogP contribution in [-0.4, -0.2) is 28.5 Å². The lowest BCUT2D eigenvalue weighted by Gasteiger charge is -2.16. The first-order valence-corrected chi connectivity index (χ1v) is 9.47. The van der Waals surface area contributed by atoms with E-state index in [0.29, 0.717) is 5.92 Å². The van der Waals surface area contributed by atoms with Crippen LogP contribution < -0.4 is 10.9 Å². The number of carbonyl (C=O) groups excluding carboxylic acids is 2. The minimum atomic E-state index is -0.978. The van der Waals surface area contributed by atoms with E-state index in [4.69, 9.17) is 0 Å². The smallest absolute Gasteiger partial charge is 0.339 e. The van der Waals surface area contributed by atoms with Crippen molar-refractivity contribution in [2.24, 2.45) is 5.92 Å². The molecule has 1 aromatic heterocycles. The Morgan fingerprint density at radius 3 is 2.37 bits per heavy atom. The molecule has 9 heteroatoms. The predicted molar refractivity (Wildman–Crippen MR) is 110 cm³/mol. The normalized spacial score (nSPS) is 11.8. The number of methoxy groups -OCH3 is 1. The molecule has 0 saturated heterocycles. The molecule has 0 saturated carbocycles. The number of nitrogens with one attached hydrogen (secondary N) is 1. The fourth-order valence-electron chi connectivity index (χ4n) is 3.04. The van der Waals surface area contributed by atoms with E-state index in [1.807, 2.05) is 24.3 Å². The lowest BCUT2D eigenvalue weighted by atomic mass is 10.00. The van der Waals surface area contributed by atoms with Crippen LogP contribution in [0.5, 0.6) is 0 Å². The summed E-state index contributed by atoms with van der Waals surface area (Å²) in [4.78, 5) is 46.7. The van der Waals surface area contributed by atoms with Gasteiger partial charge < -0.3 is 10.1 Å². The van der Waals surface area contributed by atoms with Gasteiger partial charge in [-0.25, -0.2) is 4.79 Å². The van der Waals surface area contributed by atoms with E-state index in [9.17, 15) is 24.5 Å². The molecule has 1 atom stereocenters. The second kappa shape index (κ2) is 9.82. The van der Waals surface area contributed by atoms with E-state index in [1.54, 1.807) is 6.92 Å². The van der Waals surface area contributed by atoms with Gasteiger partial charge in [-0.15, -0.1) is 0 Å². The van der Waals surface area contributed by atoms with Crippen LogP contribution in [0.4, 0.5) is 5.69 Å². The largest absolute Gasteiger partial charge is 0.465 e. The number of rotatable bonds is 8. The molecule has 0 aliphatic rings. The Kier molecular flexibility index (Phi) is 7.46. The molecule has 0 radical (unpaired) electrons. The topological polar surface area (TPSA) is 121 Å². The first-order valence-electron chi connectivity index (χ1n) is 9.47. The number of benzene rings is 1. The summed E-state index contributed by atoms with van der Waals surface area (Å²) >= 11 is 0. The van der Waals surface area contributed by atoms with Gasteiger partial charge >= 0.3 is 17.2 Å². The average molecular weight is 415 g/mol. The van der Waals surface area contributed by atoms with Gasteiger partial charge in [-0.2, -0.15) is 0 Å². The standard InChI is InChI=1S/C21H25N3O6/c1-13(2)9-15-5-7-16(8-6-15)14(3)22-19(25)12-23-11-17(21(27)30-4)10-18(20(23)26)24(28)29/h5-8,10-11,13-14H,9,12H2,1-4H3,(H,22,25). The molecule has 1 amide bonds. The van der Waals surface area contributed by atoms with Crippen molar-refractivity contribution in [3.8, 4) is 0 Å². The van der Waals surface area contributed by atoms with Crippen LogP contribution in [0.2, 0.25) is 0 Å². The zero-order valence-corrected chi connectivity index (χ0v) is 17.4. The Hall–Kier alpha value is -3.49. The highest BCUT2D eigenvalue weighted by atomic mass is 16.6. The molecular weight excluding hydrogens is 390 g/mol. The van der Waals surface area contributed by atoms with Gasteiger partial charge in [0.2, 0.25) is 5.91 Å². The number of pyridine rings is 1. The number of hydrogen-bond acceptors (Lipinski definition) is 6. The minimum absolute atomic E-state index is 0.189. The zero-order chi connectivity index (χ0) is 22.4. The number of amides is 1. The fraction of sp³-hybridized carbons (Fsp3) is 0.381. The molecule has 0 aliphatic heterocycles. The van der Waals surface area contributed by atoms with Crippen molar-refractivity contribution in [3.05, 3.63) is 73.7 Å². The fourth-order valence-corrected chi connectivity index (χ4v) is 3.04. The zero-order valence-electron chi connectivity index (χ0n) is 17.4. The molecule has 0 aliphatic carbocycles. The van der Waals surface area contributed by atoms with Crippen molar-refractivity contribution in [3.63, 3.8) is 0 Å². The van der Waals surface area contributed by atoms with E-state index in [2.05, 4.69) is 23.9 Å². The molecule has 9 nitrogen and oxygen atoms in total. The summed E-state index contributed by atoms with van der Waals surface area (Å²) in [6.07, 6.45) is 2.03. The maximum Gasteiger partial charge on any atom is 0.339 e. The Labute approximate surface area is 173 Å². The highest BCUT2D eigenvalue weighted by Gasteiger charge is 2.21. The summed E-state index contributed by atoms with van der Waals surface area (Å²) in [5, 5.41) is 13.9. The number of nitro groups is 1. The van der Waals surface area contributed by atoms with Gasteiger partial charge in [0.05, 0.1) is 23.6 Å². The van der Waals surface area contributed by atoms with Crippen LogP contribution in [0.3, 0.4) is 0 Å². The SMILES string of the molecule is COC(=O)c1cc([N+](=O)[O-])c(=O)n(CC(=O)NC(C)c2ccc(CC(C)C)cc2)c1. The molecule has 30 heavy (non-hydrogen) atoms. The second-order valence-corrected chi connectivity index (χ2v) is 7.42. The Morgan fingerprint density at radius 1 is 1.20 bits per heavy atom. The van der Waals surface area contributed by atoms with E-state index in [0.717, 1.165) is 35.9 Å². The van der Waals surface area contributed by atoms with Gasteiger partial charge in [-0.1, -0.05) is 38.1 Å². The number of hydrogen-bond donors (Lipinski definition) is 1. The summed E-state index contributed by atoms with van der Waals surface area (Å²) in [5.74, 6) is -0.828. The minimum Gasteiger partial charge on any atom is -0.465 e. The average Bonchev–Trinajstić information content (AvgIpc) is 2.68. The monoisotopic (exact) mass is 415 g/mol. The summed E-state index contributed by atoms with van der Waals surface area (Å²) in [7, 11) is 1.12. The number of carbonyl (C=O) groups is 2. The molecule has 0 bridgehead atoms. The van der Waals surface area contributed by atoms with Gasteiger partial charge in [-0.05, 0) is 30.4 Å². The lowest BCUT2D eigenvalue weighted by molar-refractivity contribution is -0.386. The summed E-state index contributed by atoms with van der Waals surface area (Å²) < 4.78 is 5.38. The molecule has 2 aromatic rings. The van der Waals surface area contributed by atoms with Crippen LogP contribution in [0, 0.1) is 16.0 Å². The Morgan fingerprint density at radius 2 is 1.83 bits per heavy atom. The van der Waals surface area contributed by atoms with E-state index < -0.39 is 34.6 Å². The van der Waals surface area contributed by atoms with Crippen molar-refractivity contribution in [2.45, 2.75) is 39.8 Å². The van der Waals surface area contributed by atoms with Crippen molar-refractivity contribution >= 4 is 17.6 Å². The first-order chi connectivity index (χ1) is 14.1. The summed E-state index contributed by atoms with van der Waals surface area (Å²) in [6.45, 7) is 5.60. The van der Waals surface area contributed by atoms with Crippen molar-refractivity contribution in [1.82, 2.24) is 9.88 Å². The Balaban J connectivity index is 2.17. The maximum absolute atomic E-state index is 12.4.